The molecule has 0 bridgehead atoms. The molecule has 1 amide bonds. The first-order chi connectivity index (χ1) is 6.31. The third-order valence-corrected chi connectivity index (χ3v) is 4.30. The van der Waals surface area contributed by atoms with Crippen molar-refractivity contribution in [1.82, 2.24) is 4.90 Å². The molecule has 13 heavy (non-hydrogen) atoms. The van der Waals surface area contributed by atoms with Crippen molar-refractivity contribution in [2.45, 2.75) is 30.9 Å². The van der Waals surface area contributed by atoms with Crippen molar-refractivity contribution in [3.05, 3.63) is 0 Å². The van der Waals surface area contributed by atoms with Gasteiger partial charge in [-0.25, -0.2) is 0 Å². The molecule has 0 aromatic carbocycles. The van der Waals surface area contributed by atoms with Gasteiger partial charge in [0.15, 0.2) is 0 Å². The fourth-order valence-corrected chi connectivity index (χ4v) is 2.70. The Hall–Kier alpha value is -0.180. The Labute approximate surface area is 84.1 Å². The predicted octanol–water partition coefficient (Wildman–Crippen LogP) is 1.75. The van der Waals surface area contributed by atoms with Gasteiger partial charge >= 0.3 is 0 Å². The van der Waals surface area contributed by atoms with Crippen LogP contribution in [0.15, 0.2) is 0 Å². The van der Waals surface area contributed by atoms with Crippen LogP contribution in [0.2, 0.25) is 0 Å². The van der Waals surface area contributed by atoms with E-state index in [1.807, 2.05) is 11.8 Å². The highest BCUT2D eigenvalue weighted by Gasteiger charge is 2.33. The Morgan fingerprint density at radius 3 is 2.62 bits per heavy atom. The molecule has 0 radical (unpaired) electrons. The Morgan fingerprint density at radius 1 is 1.38 bits per heavy atom. The molecule has 2 aliphatic rings. The number of likely N-dealkylation sites (tertiary alicyclic amines) is 1. The zero-order valence-electron chi connectivity index (χ0n) is 8.16. The highest BCUT2D eigenvalue weighted by Crippen LogP contribution is 2.30. The summed E-state index contributed by atoms with van der Waals surface area (Å²) in [6, 6.07) is 0. The highest BCUT2D eigenvalue weighted by molar-refractivity contribution is 7.99. The molecule has 1 saturated heterocycles. The lowest BCUT2D eigenvalue weighted by molar-refractivity contribution is -0.136. The van der Waals surface area contributed by atoms with Crippen LogP contribution in [0.1, 0.15) is 25.7 Å². The molecule has 1 unspecified atom stereocenters. The number of thioether (sulfide) groups is 1. The standard InChI is InChI=1S/C10H17NOS/c1-13-9-5-6-11(7-9)10(12)8-3-2-4-8/h8-9H,2-7H2,1H3. The third kappa shape index (κ3) is 1.85. The number of nitrogens with zero attached hydrogens (tertiary/aromatic N) is 1. The second-order valence-electron chi connectivity index (χ2n) is 4.06. The number of rotatable bonds is 2. The summed E-state index contributed by atoms with van der Waals surface area (Å²) >= 11 is 1.90. The molecule has 2 nitrogen and oxygen atoms in total. The van der Waals surface area contributed by atoms with Gasteiger partial charge in [-0.15, -0.1) is 0 Å². The van der Waals surface area contributed by atoms with Gasteiger partial charge in [0.1, 0.15) is 0 Å². The molecule has 1 aliphatic heterocycles. The Bertz CT molecular complexity index is 203. The summed E-state index contributed by atoms with van der Waals surface area (Å²) in [7, 11) is 0. The van der Waals surface area contributed by atoms with Crippen LogP contribution in [-0.4, -0.2) is 35.4 Å². The largest absolute Gasteiger partial charge is 0.341 e. The van der Waals surface area contributed by atoms with E-state index in [1.165, 1.54) is 12.8 Å². The van der Waals surface area contributed by atoms with E-state index in [0.29, 0.717) is 17.1 Å². The molecular formula is C10H17NOS. The zero-order chi connectivity index (χ0) is 9.26. The normalized spacial score (nSPS) is 29.0. The van der Waals surface area contributed by atoms with Crippen LogP contribution in [0, 0.1) is 5.92 Å². The number of hydrogen-bond acceptors (Lipinski definition) is 2. The molecule has 1 saturated carbocycles. The van der Waals surface area contributed by atoms with Gasteiger partial charge in [-0.1, -0.05) is 6.42 Å². The number of carbonyl (C=O) groups excluding carboxylic acids is 1. The lowest BCUT2D eigenvalue weighted by Gasteiger charge is -2.29. The SMILES string of the molecule is CSC1CCN(C(=O)C2CCC2)C1. The fourth-order valence-electron chi connectivity index (χ4n) is 2.03. The summed E-state index contributed by atoms with van der Waals surface area (Å²) in [5.41, 5.74) is 0. The average molecular weight is 199 g/mol. The van der Waals surface area contributed by atoms with Crippen LogP contribution in [0.4, 0.5) is 0 Å². The van der Waals surface area contributed by atoms with Gasteiger partial charge in [-0.2, -0.15) is 11.8 Å². The van der Waals surface area contributed by atoms with E-state index >= 15 is 0 Å². The van der Waals surface area contributed by atoms with Crippen LogP contribution < -0.4 is 0 Å². The molecular weight excluding hydrogens is 182 g/mol. The second-order valence-corrected chi connectivity index (χ2v) is 5.20. The maximum absolute atomic E-state index is 11.8. The number of amides is 1. The topological polar surface area (TPSA) is 20.3 Å². The fraction of sp³-hybridized carbons (Fsp3) is 0.900. The van der Waals surface area contributed by atoms with Gasteiger partial charge in [-0.3, -0.25) is 4.79 Å². The summed E-state index contributed by atoms with van der Waals surface area (Å²) in [6.07, 6.45) is 6.87. The van der Waals surface area contributed by atoms with Crippen LogP contribution in [0.25, 0.3) is 0 Å². The lowest BCUT2D eigenvalue weighted by Crippen LogP contribution is -2.37. The van der Waals surface area contributed by atoms with Crippen molar-refractivity contribution in [2.24, 2.45) is 5.92 Å². The van der Waals surface area contributed by atoms with Gasteiger partial charge in [0, 0.05) is 24.3 Å². The molecule has 2 rings (SSSR count). The van der Waals surface area contributed by atoms with Crippen molar-refractivity contribution in [3.63, 3.8) is 0 Å². The molecule has 1 heterocycles. The number of hydrogen-bond donors (Lipinski definition) is 0. The smallest absolute Gasteiger partial charge is 0.225 e. The van der Waals surface area contributed by atoms with Crippen LogP contribution in [0.3, 0.4) is 0 Å². The maximum Gasteiger partial charge on any atom is 0.225 e. The van der Waals surface area contributed by atoms with E-state index in [2.05, 4.69) is 11.2 Å². The minimum absolute atomic E-state index is 0.389. The summed E-state index contributed by atoms with van der Waals surface area (Å²) in [4.78, 5) is 13.9. The zero-order valence-corrected chi connectivity index (χ0v) is 8.98. The molecule has 3 heteroatoms. The molecule has 1 aliphatic carbocycles. The van der Waals surface area contributed by atoms with Crippen LogP contribution in [0.5, 0.6) is 0 Å². The van der Waals surface area contributed by atoms with Crippen molar-refractivity contribution >= 4 is 17.7 Å². The van der Waals surface area contributed by atoms with E-state index in [0.717, 1.165) is 25.9 Å². The number of carbonyl (C=O) groups is 1. The predicted molar refractivity (Wildman–Crippen MR) is 55.8 cm³/mol. The minimum Gasteiger partial charge on any atom is -0.341 e. The minimum atomic E-state index is 0.389. The van der Waals surface area contributed by atoms with E-state index in [9.17, 15) is 4.79 Å². The summed E-state index contributed by atoms with van der Waals surface area (Å²) in [6.45, 7) is 2.00. The Morgan fingerprint density at radius 2 is 2.15 bits per heavy atom. The lowest BCUT2D eigenvalue weighted by atomic mass is 9.84. The maximum atomic E-state index is 11.8. The van der Waals surface area contributed by atoms with Gasteiger partial charge in [-0.05, 0) is 25.5 Å². The van der Waals surface area contributed by atoms with Crippen molar-refractivity contribution < 1.29 is 4.79 Å². The highest BCUT2D eigenvalue weighted by atomic mass is 32.2. The van der Waals surface area contributed by atoms with E-state index in [4.69, 9.17) is 0 Å². The quantitative estimate of drug-likeness (QED) is 0.675. The molecule has 2 fully saturated rings. The van der Waals surface area contributed by atoms with Crippen molar-refractivity contribution in [3.8, 4) is 0 Å². The summed E-state index contributed by atoms with van der Waals surface area (Å²) in [5, 5.41) is 0.698. The molecule has 0 spiro atoms. The molecule has 74 valence electrons. The first kappa shape index (κ1) is 9.38. The molecule has 0 aromatic rings. The van der Waals surface area contributed by atoms with Crippen LogP contribution >= 0.6 is 11.8 Å². The van der Waals surface area contributed by atoms with Gasteiger partial charge in [0.05, 0.1) is 0 Å². The first-order valence-electron chi connectivity index (χ1n) is 5.13. The molecule has 0 N–H and O–H groups in total. The van der Waals surface area contributed by atoms with Crippen molar-refractivity contribution in [2.75, 3.05) is 19.3 Å². The van der Waals surface area contributed by atoms with Gasteiger partial charge in [0.25, 0.3) is 0 Å². The molecule has 1 atom stereocenters. The van der Waals surface area contributed by atoms with Gasteiger partial charge in [0.2, 0.25) is 5.91 Å². The Balaban J connectivity index is 1.84. The van der Waals surface area contributed by atoms with E-state index < -0.39 is 0 Å². The third-order valence-electron chi connectivity index (χ3n) is 3.24. The summed E-state index contributed by atoms with van der Waals surface area (Å²) in [5.74, 6) is 0.823. The van der Waals surface area contributed by atoms with Crippen LogP contribution in [-0.2, 0) is 4.79 Å². The Kier molecular flexibility index (Phi) is 2.82. The van der Waals surface area contributed by atoms with E-state index in [1.54, 1.807) is 0 Å². The molecule has 0 aromatic heterocycles. The average Bonchev–Trinajstić information content (AvgIpc) is 2.48. The first-order valence-corrected chi connectivity index (χ1v) is 6.41. The second kappa shape index (κ2) is 3.91. The monoisotopic (exact) mass is 199 g/mol. The van der Waals surface area contributed by atoms with Crippen molar-refractivity contribution in [1.29, 1.82) is 0 Å². The summed E-state index contributed by atoms with van der Waals surface area (Å²) < 4.78 is 0. The van der Waals surface area contributed by atoms with Gasteiger partial charge < -0.3 is 4.90 Å². The van der Waals surface area contributed by atoms with E-state index in [-0.39, 0.29) is 0 Å².